The van der Waals surface area contributed by atoms with Gasteiger partial charge in [0.05, 0.1) is 26.4 Å². The summed E-state index contributed by atoms with van der Waals surface area (Å²) in [5.41, 5.74) is 3.12. The van der Waals surface area contributed by atoms with Crippen molar-refractivity contribution in [3.63, 3.8) is 0 Å². The summed E-state index contributed by atoms with van der Waals surface area (Å²) < 4.78 is 18.7. The van der Waals surface area contributed by atoms with Crippen molar-refractivity contribution < 1.29 is 19.3 Å². The minimum Gasteiger partial charge on any atom is -0.394 e. The topological polar surface area (TPSA) is 47.9 Å². The van der Waals surface area contributed by atoms with Gasteiger partial charge in [-0.15, -0.1) is 0 Å². The van der Waals surface area contributed by atoms with Crippen molar-refractivity contribution in [1.29, 1.82) is 0 Å². The number of ether oxygens (including phenoxy) is 3. The Morgan fingerprint density at radius 2 is 1.12 bits per heavy atom. The fourth-order valence-corrected chi connectivity index (χ4v) is 3.42. The van der Waals surface area contributed by atoms with E-state index in [9.17, 15) is 5.11 Å². The lowest BCUT2D eigenvalue weighted by Gasteiger charge is -2.31. The van der Waals surface area contributed by atoms with Crippen molar-refractivity contribution >= 4 is 0 Å². The normalized spacial score (nSPS) is 14.1. The van der Waals surface area contributed by atoms with Crippen LogP contribution in [0.4, 0.5) is 0 Å². The predicted octanol–water partition coefficient (Wildman–Crippen LogP) is 5.48. The van der Waals surface area contributed by atoms with Crippen LogP contribution >= 0.6 is 0 Å². The van der Waals surface area contributed by atoms with Crippen LogP contribution in [0.5, 0.6) is 0 Å². The molecule has 0 spiro atoms. The van der Waals surface area contributed by atoms with Crippen LogP contribution < -0.4 is 0 Å². The highest BCUT2D eigenvalue weighted by molar-refractivity contribution is 5.16. The van der Waals surface area contributed by atoms with E-state index < -0.39 is 18.3 Å². The summed E-state index contributed by atoms with van der Waals surface area (Å²) in [5, 5.41) is 10.2. The maximum Gasteiger partial charge on any atom is 0.116 e. The lowest BCUT2D eigenvalue weighted by Crippen LogP contribution is -2.43. The summed E-state index contributed by atoms with van der Waals surface area (Å²) in [7, 11) is 0. The quantitative estimate of drug-likeness (QED) is 0.335. The van der Waals surface area contributed by atoms with E-state index in [2.05, 4.69) is 6.58 Å². The number of benzene rings is 3. The first-order valence-corrected chi connectivity index (χ1v) is 11.2. The van der Waals surface area contributed by atoms with E-state index in [-0.39, 0.29) is 6.61 Å². The fourth-order valence-electron chi connectivity index (χ4n) is 3.42. The molecule has 3 aromatic rings. The monoisotopic (exact) mass is 444 g/mol. The molecule has 0 heterocycles. The molecule has 3 rings (SSSR count). The van der Waals surface area contributed by atoms with Crippen molar-refractivity contribution in [2.45, 2.75) is 38.1 Å². The van der Waals surface area contributed by atoms with Gasteiger partial charge in [0.2, 0.25) is 0 Å². The summed E-state index contributed by atoms with van der Waals surface area (Å²) in [6, 6.07) is 29.8. The van der Waals surface area contributed by atoms with Crippen LogP contribution in [0, 0.1) is 0 Å². The highest BCUT2D eigenvalue weighted by atomic mass is 16.6. The third-order valence-electron chi connectivity index (χ3n) is 5.18. The second-order valence-electron chi connectivity index (χ2n) is 7.66. The molecule has 0 fully saturated rings. The number of aliphatic hydroxyl groups excluding tert-OH is 1. The smallest absolute Gasteiger partial charge is 0.116 e. The molecule has 1 N–H and O–H groups in total. The molecule has 0 bridgehead atoms. The van der Waals surface area contributed by atoms with Crippen LogP contribution in [0.15, 0.2) is 116 Å². The number of hydrogen-bond acceptors (Lipinski definition) is 4. The third-order valence-corrected chi connectivity index (χ3v) is 5.18. The standard InChI is InChI=1S/C29H32O4/c1-2-3-19-27(31-21-24-13-7-4-8-14-24)29(33-23-26-17-11-6-12-18-26)28(20-30)32-22-25-15-9-5-10-16-25/h2-19,27-30H,1,20-23H2/b19-3-/t27-,28-,29+/m1/s1. The molecule has 4 heteroatoms. The van der Waals surface area contributed by atoms with Crippen molar-refractivity contribution in [3.8, 4) is 0 Å². The number of aliphatic hydroxyl groups is 1. The SMILES string of the molecule is C=C/C=C\[C@@H](OCc1ccccc1)[C@H](OCc1ccccc1)[C@@H](CO)OCc1ccccc1. The molecule has 0 unspecified atom stereocenters. The molecule has 0 radical (unpaired) electrons. The van der Waals surface area contributed by atoms with E-state index in [0.717, 1.165) is 16.7 Å². The van der Waals surface area contributed by atoms with Gasteiger partial charge in [-0.05, 0) is 16.7 Å². The van der Waals surface area contributed by atoms with Crippen molar-refractivity contribution in [2.75, 3.05) is 6.61 Å². The zero-order valence-corrected chi connectivity index (χ0v) is 18.8. The zero-order valence-electron chi connectivity index (χ0n) is 18.8. The number of hydrogen-bond donors (Lipinski definition) is 1. The van der Waals surface area contributed by atoms with E-state index in [0.29, 0.717) is 19.8 Å². The highest BCUT2D eigenvalue weighted by Crippen LogP contribution is 2.19. The molecule has 172 valence electrons. The van der Waals surface area contributed by atoms with Gasteiger partial charge in [0.15, 0.2) is 0 Å². The van der Waals surface area contributed by atoms with E-state index in [1.807, 2.05) is 103 Å². The van der Waals surface area contributed by atoms with Gasteiger partial charge in [-0.1, -0.05) is 116 Å². The molecule has 0 aliphatic rings. The van der Waals surface area contributed by atoms with Crippen LogP contribution in [-0.4, -0.2) is 30.0 Å². The Balaban J connectivity index is 1.78. The van der Waals surface area contributed by atoms with Crippen molar-refractivity contribution in [1.82, 2.24) is 0 Å². The summed E-state index contributed by atoms with van der Waals surface area (Å²) in [6.45, 7) is 4.75. The summed E-state index contributed by atoms with van der Waals surface area (Å²) in [5.74, 6) is 0. The minimum atomic E-state index is -0.579. The van der Waals surface area contributed by atoms with Gasteiger partial charge >= 0.3 is 0 Å². The molecule has 0 aliphatic carbocycles. The number of allylic oxidation sites excluding steroid dienone is 2. The third kappa shape index (κ3) is 8.44. The first kappa shape index (κ1) is 24.6. The minimum absolute atomic E-state index is 0.195. The number of rotatable bonds is 14. The van der Waals surface area contributed by atoms with Crippen molar-refractivity contribution in [3.05, 3.63) is 132 Å². The molecule has 0 saturated heterocycles. The lowest BCUT2D eigenvalue weighted by atomic mass is 10.1. The Kier molecular flexibility index (Phi) is 10.6. The molecule has 0 saturated carbocycles. The van der Waals surface area contributed by atoms with Gasteiger partial charge in [0.25, 0.3) is 0 Å². The largest absolute Gasteiger partial charge is 0.394 e. The van der Waals surface area contributed by atoms with Gasteiger partial charge in [0, 0.05) is 0 Å². The maximum atomic E-state index is 10.2. The summed E-state index contributed by atoms with van der Waals surface area (Å²) in [4.78, 5) is 0. The van der Waals surface area contributed by atoms with E-state index >= 15 is 0 Å². The van der Waals surface area contributed by atoms with Gasteiger partial charge < -0.3 is 19.3 Å². The first-order chi connectivity index (χ1) is 16.3. The molecule has 0 aromatic heterocycles. The zero-order chi connectivity index (χ0) is 23.1. The van der Waals surface area contributed by atoms with E-state index in [4.69, 9.17) is 14.2 Å². The van der Waals surface area contributed by atoms with Crippen LogP contribution in [0.1, 0.15) is 16.7 Å². The average Bonchev–Trinajstić information content (AvgIpc) is 2.88. The Morgan fingerprint density at radius 3 is 1.58 bits per heavy atom. The Bertz CT molecular complexity index is 941. The Hall–Kier alpha value is -3.02. The van der Waals surface area contributed by atoms with Gasteiger partial charge in [0.1, 0.15) is 18.3 Å². The molecule has 33 heavy (non-hydrogen) atoms. The summed E-state index contributed by atoms with van der Waals surface area (Å²) >= 11 is 0. The molecule has 0 amide bonds. The van der Waals surface area contributed by atoms with E-state index in [1.165, 1.54) is 0 Å². The second kappa shape index (κ2) is 14.2. The molecule has 3 atom stereocenters. The van der Waals surface area contributed by atoms with Crippen LogP contribution in [0.3, 0.4) is 0 Å². The Labute approximate surface area is 196 Å². The fraction of sp³-hybridized carbons (Fsp3) is 0.241. The van der Waals surface area contributed by atoms with Gasteiger partial charge in [-0.3, -0.25) is 0 Å². The second-order valence-corrected chi connectivity index (χ2v) is 7.66. The van der Waals surface area contributed by atoms with Crippen LogP contribution in [0.2, 0.25) is 0 Å². The molecular weight excluding hydrogens is 412 g/mol. The maximum absolute atomic E-state index is 10.2. The first-order valence-electron chi connectivity index (χ1n) is 11.2. The van der Waals surface area contributed by atoms with Gasteiger partial charge in [-0.2, -0.15) is 0 Å². The van der Waals surface area contributed by atoms with Gasteiger partial charge in [-0.25, -0.2) is 0 Å². The van der Waals surface area contributed by atoms with E-state index in [1.54, 1.807) is 6.08 Å². The molecule has 3 aromatic carbocycles. The Morgan fingerprint density at radius 1 is 0.667 bits per heavy atom. The lowest BCUT2D eigenvalue weighted by molar-refractivity contribution is -0.149. The average molecular weight is 445 g/mol. The molecule has 0 aliphatic heterocycles. The summed E-state index contributed by atoms with van der Waals surface area (Å²) in [6.07, 6.45) is 3.88. The molecule has 4 nitrogen and oxygen atoms in total. The highest BCUT2D eigenvalue weighted by Gasteiger charge is 2.30. The predicted molar refractivity (Wildman–Crippen MR) is 131 cm³/mol. The van der Waals surface area contributed by atoms with Crippen molar-refractivity contribution in [2.24, 2.45) is 0 Å². The van der Waals surface area contributed by atoms with Crippen LogP contribution in [0.25, 0.3) is 0 Å². The van der Waals surface area contributed by atoms with Crippen LogP contribution in [-0.2, 0) is 34.0 Å². The molecular formula is C29H32O4.